The predicted molar refractivity (Wildman–Crippen MR) is 93.6 cm³/mol. The summed E-state index contributed by atoms with van der Waals surface area (Å²) in [4.78, 5) is 0. The first-order valence-electron chi connectivity index (χ1n) is 6.88. The van der Waals surface area contributed by atoms with Crippen LogP contribution in [0.3, 0.4) is 0 Å². The Morgan fingerprint density at radius 3 is 2.41 bits per heavy atom. The predicted octanol–water partition coefficient (Wildman–Crippen LogP) is 6.72. The Morgan fingerprint density at radius 2 is 1.45 bits per heavy atom. The maximum absolute atomic E-state index is 6.03. The summed E-state index contributed by atoms with van der Waals surface area (Å²) in [7, 11) is 0. The van der Waals surface area contributed by atoms with Crippen molar-refractivity contribution < 1.29 is 9.47 Å². The van der Waals surface area contributed by atoms with Gasteiger partial charge in [0.2, 0.25) is 0 Å². The van der Waals surface area contributed by atoms with E-state index in [-0.39, 0.29) is 0 Å². The molecule has 1 aromatic heterocycles. The quantitative estimate of drug-likeness (QED) is 0.302. The van der Waals surface area contributed by atoms with E-state index in [1.807, 2.05) is 18.2 Å². The van der Waals surface area contributed by atoms with E-state index in [0.717, 1.165) is 27.5 Å². The second kappa shape index (κ2) is 4.48. The molecule has 0 aliphatic carbocycles. The van der Waals surface area contributed by atoms with Crippen molar-refractivity contribution >= 4 is 47.4 Å². The molecule has 0 saturated carbocycles. The zero-order valence-electron chi connectivity index (χ0n) is 11.3. The lowest BCUT2D eigenvalue weighted by Crippen LogP contribution is -1.98. The molecule has 106 valence electrons. The Bertz CT molecular complexity index is 1050. The van der Waals surface area contributed by atoms with Gasteiger partial charge in [0.25, 0.3) is 0 Å². The summed E-state index contributed by atoms with van der Waals surface area (Å²) in [5.74, 6) is 3.02. The van der Waals surface area contributed by atoms with Gasteiger partial charge in [0, 0.05) is 30.7 Å². The molecule has 4 heteroatoms. The van der Waals surface area contributed by atoms with Gasteiger partial charge in [-0.1, -0.05) is 34.1 Å². The van der Waals surface area contributed by atoms with Crippen LogP contribution in [0.15, 0.2) is 59.1 Å². The molecule has 1 aliphatic heterocycles. The molecule has 0 atom stereocenters. The Balaban J connectivity index is 1.76. The average molecular weight is 369 g/mol. The Morgan fingerprint density at radius 1 is 0.682 bits per heavy atom. The first-order chi connectivity index (χ1) is 10.8. The van der Waals surface area contributed by atoms with Gasteiger partial charge in [0.15, 0.2) is 23.0 Å². The van der Waals surface area contributed by atoms with Crippen LogP contribution in [0.1, 0.15) is 0 Å². The number of halogens is 1. The van der Waals surface area contributed by atoms with Gasteiger partial charge >= 0.3 is 0 Å². The number of hydrogen-bond acceptors (Lipinski definition) is 3. The van der Waals surface area contributed by atoms with E-state index in [9.17, 15) is 0 Å². The minimum absolute atomic E-state index is 0.737. The number of benzene rings is 3. The molecule has 0 bridgehead atoms. The van der Waals surface area contributed by atoms with Gasteiger partial charge in [0.05, 0.1) is 0 Å². The summed E-state index contributed by atoms with van der Waals surface area (Å²) >= 11 is 5.24. The molecular weight excluding hydrogens is 360 g/mol. The molecule has 0 radical (unpaired) electrons. The highest BCUT2D eigenvalue weighted by atomic mass is 79.9. The molecule has 5 rings (SSSR count). The maximum Gasteiger partial charge on any atom is 0.171 e. The van der Waals surface area contributed by atoms with Crippen LogP contribution >= 0.6 is 27.3 Å². The number of rotatable bonds is 0. The van der Waals surface area contributed by atoms with E-state index < -0.39 is 0 Å². The fourth-order valence-corrected chi connectivity index (χ4v) is 4.23. The van der Waals surface area contributed by atoms with Crippen molar-refractivity contribution in [3.63, 3.8) is 0 Å². The van der Waals surface area contributed by atoms with Gasteiger partial charge in [-0.25, -0.2) is 0 Å². The molecular formula is C18H9BrO2S. The molecule has 4 aromatic rings. The number of hydrogen-bond donors (Lipinski definition) is 0. The molecule has 0 saturated heterocycles. The fourth-order valence-electron chi connectivity index (χ4n) is 2.78. The van der Waals surface area contributed by atoms with Crippen LogP contribution in [0.2, 0.25) is 0 Å². The summed E-state index contributed by atoms with van der Waals surface area (Å²) in [6.45, 7) is 0. The molecule has 22 heavy (non-hydrogen) atoms. The van der Waals surface area contributed by atoms with E-state index in [1.54, 1.807) is 11.3 Å². The minimum Gasteiger partial charge on any atom is -0.449 e. The Labute approximate surface area is 139 Å². The first-order valence-corrected chi connectivity index (χ1v) is 8.49. The van der Waals surface area contributed by atoms with Gasteiger partial charge in [-0.3, -0.25) is 0 Å². The van der Waals surface area contributed by atoms with Crippen molar-refractivity contribution in [3.05, 3.63) is 59.1 Å². The molecule has 0 spiro atoms. The second-order valence-electron chi connectivity index (χ2n) is 5.19. The molecule has 3 aromatic carbocycles. The summed E-state index contributed by atoms with van der Waals surface area (Å²) in [6, 6.07) is 18.4. The van der Waals surface area contributed by atoms with Crippen molar-refractivity contribution in [1.82, 2.24) is 0 Å². The largest absolute Gasteiger partial charge is 0.449 e. The lowest BCUT2D eigenvalue weighted by atomic mass is 10.1. The molecule has 0 amide bonds. The van der Waals surface area contributed by atoms with E-state index >= 15 is 0 Å². The zero-order valence-corrected chi connectivity index (χ0v) is 13.7. The third kappa shape index (κ3) is 1.77. The fraction of sp³-hybridized carbons (Fsp3) is 0. The normalized spacial score (nSPS) is 12.6. The lowest BCUT2D eigenvalue weighted by molar-refractivity contribution is 0.360. The Kier molecular flexibility index (Phi) is 2.54. The summed E-state index contributed by atoms with van der Waals surface area (Å²) in [5.41, 5.74) is 0. The van der Waals surface area contributed by atoms with E-state index in [4.69, 9.17) is 9.47 Å². The van der Waals surface area contributed by atoms with Crippen LogP contribution in [-0.4, -0.2) is 0 Å². The lowest BCUT2D eigenvalue weighted by Gasteiger charge is -2.20. The van der Waals surface area contributed by atoms with Crippen LogP contribution in [0.25, 0.3) is 20.2 Å². The standard InChI is InChI=1S/C18H9BrO2S/c19-10-5-6-13-14(7-10)21-15-8-12-11-3-1-2-4-17(11)22-18(12)9-16(15)20-13/h1-9H. The Hall–Kier alpha value is -2.04. The van der Waals surface area contributed by atoms with Gasteiger partial charge in [-0.15, -0.1) is 11.3 Å². The molecule has 2 heterocycles. The number of ether oxygens (including phenoxy) is 2. The van der Waals surface area contributed by atoms with Crippen molar-refractivity contribution in [2.75, 3.05) is 0 Å². The van der Waals surface area contributed by atoms with Gasteiger partial charge in [0.1, 0.15) is 0 Å². The van der Waals surface area contributed by atoms with E-state index in [0.29, 0.717) is 0 Å². The molecule has 0 N–H and O–H groups in total. The average Bonchev–Trinajstić information content (AvgIpc) is 2.88. The van der Waals surface area contributed by atoms with Crippen molar-refractivity contribution in [2.45, 2.75) is 0 Å². The molecule has 1 aliphatic rings. The topological polar surface area (TPSA) is 18.5 Å². The van der Waals surface area contributed by atoms with Gasteiger partial charge in [-0.2, -0.15) is 0 Å². The van der Waals surface area contributed by atoms with Crippen LogP contribution < -0.4 is 9.47 Å². The van der Waals surface area contributed by atoms with Crippen molar-refractivity contribution in [3.8, 4) is 23.0 Å². The van der Waals surface area contributed by atoms with Crippen LogP contribution in [0.4, 0.5) is 0 Å². The minimum atomic E-state index is 0.737. The van der Waals surface area contributed by atoms with Gasteiger partial charge < -0.3 is 9.47 Å². The zero-order chi connectivity index (χ0) is 14.7. The van der Waals surface area contributed by atoms with Crippen LogP contribution in [-0.2, 0) is 0 Å². The number of fused-ring (bicyclic) bond motifs is 5. The van der Waals surface area contributed by atoms with Crippen molar-refractivity contribution in [1.29, 1.82) is 0 Å². The summed E-state index contributed by atoms with van der Waals surface area (Å²) in [5, 5.41) is 2.47. The first kappa shape index (κ1) is 12.5. The third-order valence-corrected chi connectivity index (χ3v) is 5.42. The monoisotopic (exact) mass is 368 g/mol. The second-order valence-corrected chi connectivity index (χ2v) is 7.19. The van der Waals surface area contributed by atoms with E-state index in [1.165, 1.54) is 20.2 Å². The molecule has 0 fully saturated rings. The van der Waals surface area contributed by atoms with Crippen LogP contribution in [0, 0.1) is 0 Å². The van der Waals surface area contributed by atoms with Crippen LogP contribution in [0.5, 0.6) is 23.0 Å². The third-order valence-electron chi connectivity index (χ3n) is 3.79. The summed E-state index contributed by atoms with van der Waals surface area (Å²) < 4.78 is 15.5. The number of thiophene rings is 1. The smallest absolute Gasteiger partial charge is 0.171 e. The van der Waals surface area contributed by atoms with E-state index in [2.05, 4.69) is 52.3 Å². The SMILES string of the molecule is Brc1ccc2c(c1)Oc1cc3c(cc1O2)sc1ccccc13. The summed E-state index contributed by atoms with van der Waals surface area (Å²) in [6.07, 6.45) is 0. The molecule has 2 nitrogen and oxygen atoms in total. The molecule has 0 unspecified atom stereocenters. The highest BCUT2D eigenvalue weighted by molar-refractivity contribution is 9.10. The van der Waals surface area contributed by atoms with Gasteiger partial charge in [-0.05, 0) is 30.3 Å². The highest BCUT2D eigenvalue weighted by Gasteiger charge is 2.20. The maximum atomic E-state index is 6.03. The van der Waals surface area contributed by atoms with Crippen molar-refractivity contribution in [2.24, 2.45) is 0 Å². The highest BCUT2D eigenvalue weighted by Crippen LogP contribution is 2.49.